The Hall–Kier alpha value is -1.96. The van der Waals surface area contributed by atoms with E-state index in [0.717, 1.165) is 17.9 Å². The second kappa shape index (κ2) is 10.4. The molecule has 0 aromatic rings. The zero-order valence-corrected chi connectivity index (χ0v) is 20.3. The van der Waals surface area contributed by atoms with E-state index in [9.17, 15) is 0 Å². The van der Waals surface area contributed by atoms with Crippen LogP contribution in [0.3, 0.4) is 0 Å². The largest absolute Gasteiger partial charge is 0.349 e. The van der Waals surface area contributed by atoms with Crippen LogP contribution in [0.2, 0.25) is 0 Å². The standard InChI is InChI=1S/C16H39N10P/c1-17-27(18-14(21(2)3)22(4)5,19-15(23(6)7)24(8)9)20-16(25(10)11)26(12)13/h1-13H3. The van der Waals surface area contributed by atoms with Crippen molar-refractivity contribution in [3.8, 4) is 0 Å². The Morgan fingerprint density at radius 3 is 0.741 bits per heavy atom. The summed E-state index contributed by atoms with van der Waals surface area (Å²) in [5.41, 5.74) is 0. The summed E-state index contributed by atoms with van der Waals surface area (Å²) in [6.45, 7) is 0. The molecule has 0 saturated heterocycles. The Balaban J connectivity index is 7.04. The number of guanidine groups is 3. The summed E-state index contributed by atoms with van der Waals surface area (Å²) in [6, 6.07) is 0. The van der Waals surface area contributed by atoms with Gasteiger partial charge in [-0.3, -0.25) is 0 Å². The van der Waals surface area contributed by atoms with Crippen LogP contribution in [-0.4, -0.2) is 139 Å². The van der Waals surface area contributed by atoms with Gasteiger partial charge in [-0.2, -0.15) is 14.3 Å². The van der Waals surface area contributed by atoms with Gasteiger partial charge in [0, 0.05) is 91.6 Å². The van der Waals surface area contributed by atoms with Gasteiger partial charge in [-0.05, 0) is 0 Å². The molecule has 0 rings (SSSR count). The first kappa shape index (κ1) is 25.0. The third kappa shape index (κ3) is 7.28. The lowest BCUT2D eigenvalue weighted by Gasteiger charge is -2.29. The Bertz CT molecular complexity index is 504. The number of nitrogens with zero attached hydrogens (tertiary/aromatic N) is 10. The second-order valence-corrected chi connectivity index (χ2v) is 9.38. The molecule has 0 aliphatic rings. The van der Waals surface area contributed by atoms with E-state index < -0.39 is 7.51 Å². The molecular formula is C16H39N10P. The number of hydrogen-bond acceptors (Lipinski definition) is 1. The van der Waals surface area contributed by atoms with Crippen LogP contribution in [0.25, 0.3) is 0 Å². The molecule has 0 aromatic carbocycles. The van der Waals surface area contributed by atoms with Crippen molar-refractivity contribution < 1.29 is 0 Å². The van der Waals surface area contributed by atoms with Crippen molar-refractivity contribution in [2.75, 3.05) is 91.6 Å². The van der Waals surface area contributed by atoms with Gasteiger partial charge in [0.15, 0.2) is 0 Å². The van der Waals surface area contributed by atoms with Gasteiger partial charge < -0.3 is 29.4 Å². The van der Waals surface area contributed by atoms with E-state index in [4.69, 9.17) is 14.3 Å². The van der Waals surface area contributed by atoms with Crippen molar-refractivity contribution in [1.29, 1.82) is 0 Å². The molecule has 0 aromatic heterocycles. The highest BCUT2D eigenvalue weighted by molar-refractivity contribution is 7.62. The van der Waals surface area contributed by atoms with Gasteiger partial charge in [-0.1, -0.05) is 0 Å². The fourth-order valence-electron chi connectivity index (χ4n) is 2.30. The third-order valence-corrected chi connectivity index (χ3v) is 5.22. The summed E-state index contributed by atoms with van der Waals surface area (Å²) >= 11 is 0. The minimum absolute atomic E-state index is 0.759. The minimum atomic E-state index is -2.83. The molecule has 10 nitrogen and oxygen atoms in total. The van der Waals surface area contributed by atoms with Crippen LogP contribution in [-0.2, 0) is 0 Å². The molecule has 0 bridgehead atoms. The normalized spacial score (nSPS) is 10.4. The summed E-state index contributed by atoms with van der Waals surface area (Å²) in [5.74, 6) is 2.28. The van der Waals surface area contributed by atoms with Crippen molar-refractivity contribution in [2.24, 2.45) is 19.0 Å². The van der Waals surface area contributed by atoms with Crippen LogP contribution in [0, 0.1) is 0 Å². The van der Waals surface area contributed by atoms with E-state index in [0.29, 0.717) is 0 Å². The molecule has 0 amide bonds. The summed E-state index contributed by atoms with van der Waals surface area (Å²) in [6.07, 6.45) is 0. The first-order valence-electron chi connectivity index (χ1n) is 8.63. The van der Waals surface area contributed by atoms with Gasteiger partial charge in [-0.25, -0.2) is 4.74 Å². The minimum Gasteiger partial charge on any atom is -0.349 e. The zero-order chi connectivity index (χ0) is 21.5. The molecule has 0 spiro atoms. The molecule has 0 radical (unpaired) electrons. The van der Waals surface area contributed by atoms with Gasteiger partial charge in [-0.15, -0.1) is 0 Å². The first-order valence-corrected chi connectivity index (χ1v) is 10.2. The van der Waals surface area contributed by atoms with Crippen molar-refractivity contribution in [3.05, 3.63) is 0 Å². The second-order valence-electron chi connectivity index (χ2n) is 7.30. The smallest absolute Gasteiger partial charge is 0.309 e. The average Bonchev–Trinajstić information content (AvgIpc) is 2.52. The van der Waals surface area contributed by atoms with Crippen molar-refractivity contribution >= 4 is 25.4 Å². The molecule has 27 heavy (non-hydrogen) atoms. The average molecular weight is 403 g/mol. The summed E-state index contributed by atoms with van der Waals surface area (Å²) in [5, 5.41) is 0. The van der Waals surface area contributed by atoms with Crippen LogP contribution in [0.15, 0.2) is 19.0 Å². The quantitative estimate of drug-likeness (QED) is 0.399. The molecule has 0 fully saturated rings. The van der Waals surface area contributed by atoms with Crippen molar-refractivity contribution in [2.45, 2.75) is 0 Å². The van der Waals surface area contributed by atoms with Gasteiger partial charge in [0.25, 0.3) is 0 Å². The van der Waals surface area contributed by atoms with Crippen LogP contribution in [0.5, 0.6) is 0 Å². The number of hydrogen-bond donors (Lipinski definition) is 0. The maximum absolute atomic E-state index is 4.97. The number of rotatable bonds is 3. The molecule has 0 unspecified atom stereocenters. The van der Waals surface area contributed by atoms with E-state index in [-0.39, 0.29) is 0 Å². The van der Waals surface area contributed by atoms with E-state index >= 15 is 0 Å². The molecule has 158 valence electrons. The van der Waals surface area contributed by atoms with Crippen LogP contribution in [0.4, 0.5) is 0 Å². The molecule has 0 aliphatic heterocycles. The Labute approximate surface area is 166 Å². The summed E-state index contributed by atoms with van der Waals surface area (Å²) < 4.78 is 19.5. The molecule has 11 heteroatoms. The van der Waals surface area contributed by atoms with E-state index in [1.807, 2.05) is 114 Å². The third-order valence-electron chi connectivity index (χ3n) is 3.34. The Morgan fingerprint density at radius 2 is 0.630 bits per heavy atom. The fraction of sp³-hybridized carbons (Fsp3) is 0.812. The first-order chi connectivity index (χ1) is 12.3. The highest BCUT2D eigenvalue weighted by Crippen LogP contribution is 2.55. The summed E-state index contributed by atoms with van der Waals surface area (Å²) in [4.78, 5) is 11.7. The Kier molecular flexibility index (Phi) is 9.64. The van der Waals surface area contributed by atoms with Crippen molar-refractivity contribution in [3.63, 3.8) is 0 Å². The highest BCUT2D eigenvalue weighted by Gasteiger charge is 2.24. The van der Waals surface area contributed by atoms with Gasteiger partial charge in [0.2, 0.25) is 17.9 Å². The SMILES string of the molecule is CN=P(N=C(N(C)C)N(C)C)(N=C(N(C)C)N(C)C)N=C(N(C)C)N(C)C. The van der Waals surface area contributed by atoms with E-state index in [1.165, 1.54) is 0 Å². The Morgan fingerprint density at radius 1 is 0.444 bits per heavy atom. The lowest BCUT2D eigenvalue weighted by atomic mass is 10.7. The van der Waals surface area contributed by atoms with Crippen molar-refractivity contribution in [1.82, 2.24) is 29.4 Å². The molecule has 0 aliphatic carbocycles. The summed E-state index contributed by atoms with van der Waals surface area (Å²) in [7, 11) is 22.3. The lowest BCUT2D eigenvalue weighted by Crippen LogP contribution is -2.37. The topological polar surface area (TPSA) is 68.9 Å². The highest BCUT2D eigenvalue weighted by atomic mass is 31.2. The predicted molar refractivity (Wildman–Crippen MR) is 120 cm³/mol. The molecule has 0 saturated carbocycles. The monoisotopic (exact) mass is 402 g/mol. The van der Waals surface area contributed by atoms with Crippen LogP contribution in [0.1, 0.15) is 0 Å². The predicted octanol–water partition coefficient (Wildman–Crippen LogP) is 1.00. The lowest BCUT2D eigenvalue weighted by molar-refractivity contribution is 0.482. The molecule has 0 N–H and O–H groups in total. The van der Waals surface area contributed by atoms with E-state index in [2.05, 4.69) is 4.74 Å². The van der Waals surface area contributed by atoms with Crippen LogP contribution >= 0.6 is 7.51 Å². The molecule has 0 heterocycles. The van der Waals surface area contributed by atoms with Gasteiger partial charge >= 0.3 is 7.51 Å². The fourth-order valence-corrected chi connectivity index (χ4v) is 4.49. The zero-order valence-electron chi connectivity index (χ0n) is 19.4. The maximum Gasteiger partial charge on any atom is 0.309 e. The maximum atomic E-state index is 4.97. The molecule has 0 atom stereocenters. The van der Waals surface area contributed by atoms with E-state index in [1.54, 1.807) is 7.05 Å². The van der Waals surface area contributed by atoms with Crippen LogP contribution < -0.4 is 0 Å². The molecular weight excluding hydrogens is 363 g/mol. The van der Waals surface area contributed by atoms with Gasteiger partial charge in [0.05, 0.1) is 0 Å². The van der Waals surface area contributed by atoms with Gasteiger partial charge in [0.1, 0.15) is 0 Å².